The number of rotatable bonds is 8. The van der Waals surface area contributed by atoms with Crippen LogP contribution in [0.2, 0.25) is 5.02 Å². The zero-order valence-corrected chi connectivity index (χ0v) is 18.1. The van der Waals surface area contributed by atoms with Gasteiger partial charge in [0, 0.05) is 40.4 Å². The first-order valence-electron chi connectivity index (χ1n) is 10.8. The van der Waals surface area contributed by atoms with Crippen LogP contribution in [0.4, 0.5) is 0 Å². The van der Waals surface area contributed by atoms with Gasteiger partial charge in [0.15, 0.2) is 0 Å². The lowest BCUT2D eigenvalue weighted by atomic mass is 9.96. The molecule has 0 saturated carbocycles. The van der Waals surface area contributed by atoms with Crippen LogP contribution in [0, 0.1) is 0 Å². The number of benzene rings is 2. The van der Waals surface area contributed by atoms with Crippen molar-refractivity contribution in [3.63, 3.8) is 0 Å². The molecular formula is C21H27Cl3N2O3. The summed E-state index contributed by atoms with van der Waals surface area (Å²) in [7, 11) is 0. The van der Waals surface area contributed by atoms with Crippen LogP contribution >= 0.6 is 36.4 Å². The molecule has 2 aromatic rings. The Morgan fingerprint density at radius 2 is 1.62 bits per heavy atom. The van der Waals surface area contributed by atoms with E-state index in [-0.39, 0.29) is 43.9 Å². The largest absolute Gasteiger partial charge is 0.480 e. The molecule has 1 saturated heterocycles. The summed E-state index contributed by atoms with van der Waals surface area (Å²) in [6.07, 6.45) is 0. The summed E-state index contributed by atoms with van der Waals surface area (Å²) in [6, 6.07) is 17.6. The number of ether oxygens (including phenoxy) is 1. The van der Waals surface area contributed by atoms with Crippen LogP contribution in [0.1, 0.15) is 22.7 Å². The first kappa shape index (κ1) is 19.6. The molecule has 160 valence electrons. The molecule has 0 spiro atoms. The van der Waals surface area contributed by atoms with E-state index in [9.17, 15) is 4.79 Å². The number of aliphatic carboxylic acids is 1. The maximum atomic E-state index is 10.7. The predicted octanol–water partition coefficient (Wildman–Crippen LogP) is 3.99. The molecule has 3 rings (SSSR count). The summed E-state index contributed by atoms with van der Waals surface area (Å²) < 4.78 is 37.1. The Morgan fingerprint density at radius 1 is 1.03 bits per heavy atom. The fraction of sp³-hybridized carbons (Fsp3) is 0.381. The quantitative estimate of drug-likeness (QED) is 0.639. The molecule has 0 radical (unpaired) electrons. The smallest absolute Gasteiger partial charge is 0.329 e. The number of carbonyl (C=O) groups is 1. The van der Waals surface area contributed by atoms with E-state index in [1.54, 1.807) is 0 Å². The monoisotopic (exact) mass is 464 g/mol. The number of hydrogen-bond donors (Lipinski definition) is 1. The van der Waals surface area contributed by atoms with E-state index < -0.39 is 25.6 Å². The van der Waals surface area contributed by atoms with Gasteiger partial charge < -0.3 is 9.84 Å². The highest BCUT2D eigenvalue weighted by molar-refractivity contribution is 6.30. The van der Waals surface area contributed by atoms with Gasteiger partial charge in [-0.3, -0.25) is 9.80 Å². The van der Waals surface area contributed by atoms with Gasteiger partial charge in [0.2, 0.25) is 0 Å². The van der Waals surface area contributed by atoms with Gasteiger partial charge in [0.05, 0.1) is 15.3 Å². The third-order valence-electron chi connectivity index (χ3n) is 4.45. The van der Waals surface area contributed by atoms with Crippen molar-refractivity contribution in [1.29, 1.82) is 0 Å². The van der Waals surface area contributed by atoms with E-state index in [1.807, 2.05) is 54.6 Å². The number of carboxylic acid groups (broad SMARTS) is 1. The first-order chi connectivity index (χ1) is 14.6. The molecule has 29 heavy (non-hydrogen) atoms. The second-order valence-corrected chi connectivity index (χ2v) is 6.72. The fourth-order valence-electron chi connectivity index (χ4n) is 3.18. The van der Waals surface area contributed by atoms with Crippen LogP contribution in [-0.4, -0.2) is 66.7 Å². The molecule has 1 fully saturated rings. The van der Waals surface area contributed by atoms with Crippen molar-refractivity contribution in [1.82, 2.24) is 9.80 Å². The maximum Gasteiger partial charge on any atom is 0.329 e. The minimum atomic E-state index is -2.76. The van der Waals surface area contributed by atoms with Gasteiger partial charge in [-0.25, -0.2) is 4.79 Å². The number of carboxylic acids is 1. The molecule has 1 heterocycles. The van der Waals surface area contributed by atoms with Gasteiger partial charge in [-0.05, 0) is 23.3 Å². The van der Waals surface area contributed by atoms with Crippen LogP contribution < -0.4 is 0 Å². The zero-order chi connectivity index (χ0) is 22.6. The van der Waals surface area contributed by atoms with Crippen molar-refractivity contribution >= 4 is 42.4 Å². The molecule has 1 aliphatic heterocycles. The fourth-order valence-corrected chi connectivity index (χ4v) is 3.31. The van der Waals surface area contributed by atoms with Crippen LogP contribution in [0.15, 0.2) is 54.6 Å². The highest BCUT2D eigenvalue weighted by Gasteiger charge is 2.26. The number of nitrogens with zero attached hydrogens (tertiary/aromatic N) is 2. The average molecular weight is 466 g/mol. The number of halogens is 3. The van der Waals surface area contributed by atoms with Crippen LogP contribution in [0.25, 0.3) is 0 Å². The van der Waals surface area contributed by atoms with Gasteiger partial charge in [-0.1, -0.05) is 54.1 Å². The first-order valence-corrected chi connectivity index (χ1v) is 9.15. The second-order valence-electron chi connectivity index (χ2n) is 6.28. The Bertz CT molecular complexity index is 884. The van der Waals surface area contributed by atoms with Crippen molar-refractivity contribution in [3.8, 4) is 0 Å². The van der Waals surface area contributed by atoms with E-state index in [0.29, 0.717) is 18.1 Å². The van der Waals surface area contributed by atoms with Gasteiger partial charge in [0.1, 0.15) is 6.61 Å². The Morgan fingerprint density at radius 3 is 2.21 bits per heavy atom. The lowest BCUT2D eigenvalue weighted by Gasteiger charge is -2.39. The molecule has 0 bridgehead atoms. The van der Waals surface area contributed by atoms with Crippen molar-refractivity contribution in [3.05, 3.63) is 70.7 Å². The minimum Gasteiger partial charge on any atom is -0.480 e. The maximum absolute atomic E-state index is 10.7. The highest BCUT2D eigenvalue weighted by Crippen LogP contribution is 2.30. The summed E-state index contributed by atoms with van der Waals surface area (Å²) in [6.45, 7) is -4.62. The average Bonchev–Trinajstić information content (AvgIpc) is 2.75. The Labute approximate surface area is 195 Å². The molecule has 5 nitrogen and oxygen atoms in total. The summed E-state index contributed by atoms with van der Waals surface area (Å²) in [4.78, 5) is 14.3. The molecule has 2 aromatic carbocycles. The van der Waals surface area contributed by atoms with E-state index >= 15 is 0 Å². The molecule has 0 unspecified atom stereocenters. The van der Waals surface area contributed by atoms with E-state index in [1.165, 1.54) is 4.90 Å². The summed E-state index contributed by atoms with van der Waals surface area (Å²) in [5, 5.41) is 9.39. The summed E-state index contributed by atoms with van der Waals surface area (Å²) in [5.74, 6) is -1.35. The molecule has 1 atom stereocenters. The van der Waals surface area contributed by atoms with Crippen molar-refractivity contribution in [2.24, 2.45) is 0 Å². The van der Waals surface area contributed by atoms with Crippen molar-refractivity contribution in [2.75, 3.05) is 45.8 Å². The normalized spacial score (nSPS) is 18.8. The van der Waals surface area contributed by atoms with Gasteiger partial charge in [0.25, 0.3) is 0 Å². The SMILES string of the molecule is Cl.Cl.[2H]C([2H])(OCC(=O)O)C([2H])([2H])N1CCN([C@H](c2ccccc2)c2ccc(Cl)cc2)CC1. The highest BCUT2D eigenvalue weighted by atomic mass is 35.5. The molecule has 1 N–H and O–H groups in total. The lowest BCUT2D eigenvalue weighted by Crippen LogP contribution is -2.48. The minimum absolute atomic E-state index is 0. The van der Waals surface area contributed by atoms with E-state index in [4.69, 9.17) is 26.9 Å². The van der Waals surface area contributed by atoms with Crippen molar-refractivity contribution < 1.29 is 20.1 Å². The van der Waals surface area contributed by atoms with Gasteiger partial charge >= 0.3 is 5.97 Å². The standard InChI is InChI=1S/C21H25ClN2O3.2ClH/c22-19-8-6-18(7-9-19)21(17-4-2-1-3-5-17)24-12-10-23(11-13-24)14-15-27-16-20(25)26;;/h1-9,21H,10-16H2,(H,25,26);2*1H/t21-;;/m1../s1/i14D2,15D2;;. The second kappa shape index (κ2) is 13.1. The third-order valence-corrected chi connectivity index (χ3v) is 4.70. The van der Waals surface area contributed by atoms with Gasteiger partial charge in [-0.15, -0.1) is 24.8 Å². The third kappa shape index (κ3) is 7.78. The molecule has 1 aliphatic rings. The molecule has 8 heteroatoms. The van der Waals surface area contributed by atoms with Crippen LogP contribution in [0.5, 0.6) is 0 Å². The number of hydrogen-bond acceptors (Lipinski definition) is 4. The Hall–Kier alpha value is -1.34. The molecule has 0 amide bonds. The predicted molar refractivity (Wildman–Crippen MR) is 121 cm³/mol. The van der Waals surface area contributed by atoms with Crippen molar-refractivity contribution in [2.45, 2.75) is 6.04 Å². The molecule has 0 aliphatic carbocycles. The van der Waals surface area contributed by atoms with Crippen LogP contribution in [0.3, 0.4) is 0 Å². The van der Waals surface area contributed by atoms with Crippen LogP contribution in [-0.2, 0) is 9.53 Å². The molecular weight excluding hydrogens is 435 g/mol. The lowest BCUT2D eigenvalue weighted by molar-refractivity contribution is -0.142. The van der Waals surface area contributed by atoms with E-state index in [2.05, 4.69) is 4.90 Å². The topological polar surface area (TPSA) is 53.0 Å². The Kier molecular flexibility index (Phi) is 8.83. The zero-order valence-electron chi connectivity index (χ0n) is 19.7. The van der Waals surface area contributed by atoms with Gasteiger partial charge in [-0.2, -0.15) is 0 Å². The molecule has 0 aromatic heterocycles. The van der Waals surface area contributed by atoms with E-state index in [0.717, 1.165) is 11.1 Å². The number of piperazine rings is 1. The summed E-state index contributed by atoms with van der Waals surface area (Å²) in [5.41, 5.74) is 2.16. The summed E-state index contributed by atoms with van der Waals surface area (Å²) >= 11 is 6.06. The Balaban J connectivity index is 0.00000272.